The molecule has 70 valence electrons. The van der Waals surface area contributed by atoms with E-state index in [0.717, 1.165) is 12.8 Å². The standard InChI is InChI=1S/C9H13N3O/c13-7-9(3-1-4-9)12-8-10-5-2-6-11-8/h2,5-6,13H,1,3-4,7H2,(H,10,11,12). The Hall–Kier alpha value is -1.16. The first kappa shape index (κ1) is 8.44. The van der Waals surface area contributed by atoms with Crippen LogP contribution in [-0.4, -0.2) is 27.2 Å². The van der Waals surface area contributed by atoms with Crippen LogP contribution in [0.25, 0.3) is 0 Å². The van der Waals surface area contributed by atoms with Crippen LogP contribution in [0.15, 0.2) is 18.5 Å². The van der Waals surface area contributed by atoms with E-state index in [9.17, 15) is 5.11 Å². The molecule has 1 aromatic rings. The lowest BCUT2D eigenvalue weighted by Crippen LogP contribution is -2.48. The summed E-state index contributed by atoms with van der Waals surface area (Å²) >= 11 is 0. The van der Waals surface area contributed by atoms with E-state index in [0.29, 0.717) is 5.95 Å². The predicted octanol–water partition coefficient (Wildman–Crippen LogP) is 0.804. The summed E-state index contributed by atoms with van der Waals surface area (Å²) < 4.78 is 0. The average Bonchev–Trinajstić information content (AvgIpc) is 2.13. The summed E-state index contributed by atoms with van der Waals surface area (Å²) in [6.07, 6.45) is 6.56. The molecule has 1 aliphatic carbocycles. The second-order valence-electron chi connectivity index (χ2n) is 3.49. The number of nitrogens with one attached hydrogen (secondary N) is 1. The van der Waals surface area contributed by atoms with E-state index >= 15 is 0 Å². The van der Waals surface area contributed by atoms with E-state index in [1.807, 2.05) is 0 Å². The number of aliphatic hydroxyl groups excluding tert-OH is 1. The van der Waals surface area contributed by atoms with Gasteiger partial charge >= 0.3 is 0 Å². The zero-order chi connectivity index (χ0) is 9.15. The monoisotopic (exact) mass is 179 g/mol. The van der Waals surface area contributed by atoms with Gasteiger partial charge in [0.25, 0.3) is 0 Å². The van der Waals surface area contributed by atoms with Crippen molar-refractivity contribution in [3.8, 4) is 0 Å². The third kappa shape index (κ3) is 1.62. The Labute approximate surface area is 77.0 Å². The molecule has 2 N–H and O–H groups in total. The molecular formula is C9H13N3O. The van der Waals surface area contributed by atoms with Crippen LogP contribution in [0.2, 0.25) is 0 Å². The van der Waals surface area contributed by atoms with Gasteiger partial charge in [0, 0.05) is 12.4 Å². The highest BCUT2D eigenvalue weighted by Crippen LogP contribution is 2.33. The Morgan fingerprint density at radius 3 is 2.54 bits per heavy atom. The van der Waals surface area contributed by atoms with Gasteiger partial charge in [-0.25, -0.2) is 9.97 Å². The lowest BCUT2D eigenvalue weighted by atomic mass is 9.77. The van der Waals surface area contributed by atoms with E-state index in [1.165, 1.54) is 6.42 Å². The van der Waals surface area contributed by atoms with Gasteiger partial charge in [-0.3, -0.25) is 0 Å². The molecule has 1 heterocycles. The van der Waals surface area contributed by atoms with Crippen molar-refractivity contribution in [2.45, 2.75) is 24.8 Å². The van der Waals surface area contributed by atoms with Crippen LogP contribution in [0, 0.1) is 0 Å². The normalized spacial score (nSPS) is 19.2. The van der Waals surface area contributed by atoms with Gasteiger partial charge in [0.2, 0.25) is 5.95 Å². The maximum Gasteiger partial charge on any atom is 0.223 e. The lowest BCUT2D eigenvalue weighted by Gasteiger charge is -2.40. The fraction of sp³-hybridized carbons (Fsp3) is 0.556. The van der Waals surface area contributed by atoms with E-state index in [-0.39, 0.29) is 12.1 Å². The van der Waals surface area contributed by atoms with Gasteiger partial charge in [0.1, 0.15) is 0 Å². The molecule has 0 atom stereocenters. The molecule has 0 amide bonds. The van der Waals surface area contributed by atoms with Gasteiger partial charge in [-0.05, 0) is 25.3 Å². The SMILES string of the molecule is OCC1(Nc2ncccn2)CCC1. The van der Waals surface area contributed by atoms with Crippen molar-refractivity contribution in [2.24, 2.45) is 0 Å². The molecule has 0 aromatic carbocycles. The Kier molecular flexibility index (Phi) is 2.14. The molecule has 2 rings (SSSR count). The molecule has 0 saturated heterocycles. The zero-order valence-electron chi connectivity index (χ0n) is 7.40. The highest BCUT2D eigenvalue weighted by Gasteiger charge is 2.36. The smallest absolute Gasteiger partial charge is 0.223 e. The molecule has 1 saturated carbocycles. The molecule has 1 fully saturated rings. The van der Waals surface area contributed by atoms with Crippen molar-refractivity contribution in [1.29, 1.82) is 0 Å². The number of nitrogens with zero attached hydrogens (tertiary/aromatic N) is 2. The van der Waals surface area contributed by atoms with Crippen molar-refractivity contribution in [3.63, 3.8) is 0 Å². The molecule has 4 heteroatoms. The van der Waals surface area contributed by atoms with Crippen LogP contribution in [0.4, 0.5) is 5.95 Å². The van der Waals surface area contributed by atoms with Crippen molar-refractivity contribution >= 4 is 5.95 Å². The third-order valence-corrected chi connectivity index (χ3v) is 2.56. The van der Waals surface area contributed by atoms with Gasteiger partial charge in [0.15, 0.2) is 0 Å². The van der Waals surface area contributed by atoms with Gasteiger partial charge in [-0.15, -0.1) is 0 Å². The first-order chi connectivity index (χ1) is 6.35. The summed E-state index contributed by atoms with van der Waals surface area (Å²) in [7, 11) is 0. The summed E-state index contributed by atoms with van der Waals surface area (Å²) in [5.41, 5.74) is -0.151. The molecule has 0 unspecified atom stereocenters. The predicted molar refractivity (Wildman–Crippen MR) is 49.3 cm³/mol. The van der Waals surface area contributed by atoms with E-state index in [1.54, 1.807) is 18.5 Å². The lowest BCUT2D eigenvalue weighted by molar-refractivity contribution is 0.143. The maximum atomic E-state index is 9.18. The van der Waals surface area contributed by atoms with Crippen molar-refractivity contribution in [2.75, 3.05) is 11.9 Å². The van der Waals surface area contributed by atoms with Crippen LogP contribution < -0.4 is 5.32 Å². The van der Waals surface area contributed by atoms with Gasteiger partial charge < -0.3 is 10.4 Å². The van der Waals surface area contributed by atoms with Gasteiger partial charge in [-0.2, -0.15) is 0 Å². The molecule has 0 radical (unpaired) electrons. The minimum Gasteiger partial charge on any atom is -0.394 e. The van der Waals surface area contributed by atoms with Crippen LogP contribution in [-0.2, 0) is 0 Å². The second-order valence-corrected chi connectivity index (χ2v) is 3.49. The Balaban J connectivity index is 2.05. The number of hydrogen-bond donors (Lipinski definition) is 2. The van der Waals surface area contributed by atoms with E-state index < -0.39 is 0 Å². The van der Waals surface area contributed by atoms with Crippen LogP contribution in [0.3, 0.4) is 0 Å². The highest BCUT2D eigenvalue weighted by molar-refractivity contribution is 5.30. The number of aromatic nitrogens is 2. The van der Waals surface area contributed by atoms with Crippen LogP contribution >= 0.6 is 0 Å². The summed E-state index contributed by atoms with van der Waals surface area (Å²) in [5.74, 6) is 0.608. The topological polar surface area (TPSA) is 58.0 Å². The van der Waals surface area contributed by atoms with Gasteiger partial charge in [-0.1, -0.05) is 0 Å². The third-order valence-electron chi connectivity index (χ3n) is 2.56. The minimum atomic E-state index is -0.151. The Morgan fingerprint density at radius 1 is 1.38 bits per heavy atom. The second kappa shape index (κ2) is 3.30. The number of hydrogen-bond acceptors (Lipinski definition) is 4. The van der Waals surface area contributed by atoms with Crippen LogP contribution in [0.1, 0.15) is 19.3 Å². The minimum absolute atomic E-state index is 0.151. The molecule has 1 aliphatic rings. The quantitative estimate of drug-likeness (QED) is 0.720. The zero-order valence-corrected chi connectivity index (χ0v) is 7.40. The summed E-state index contributed by atoms with van der Waals surface area (Å²) in [4.78, 5) is 8.12. The van der Waals surface area contributed by atoms with Crippen molar-refractivity contribution in [3.05, 3.63) is 18.5 Å². The number of aliphatic hydroxyl groups is 1. The fourth-order valence-corrected chi connectivity index (χ4v) is 1.53. The highest BCUT2D eigenvalue weighted by atomic mass is 16.3. The maximum absolute atomic E-state index is 9.18. The molecule has 13 heavy (non-hydrogen) atoms. The number of anilines is 1. The van der Waals surface area contributed by atoms with E-state index in [4.69, 9.17) is 0 Å². The molecule has 4 nitrogen and oxygen atoms in total. The molecule has 0 bridgehead atoms. The van der Waals surface area contributed by atoms with Gasteiger partial charge in [0.05, 0.1) is 12.1 Å². The first-order valence-corrected chi connectivity index (χ1v) is 4.51. The summed E-state index contributed by atoms with van der Waals surface area (Å²) in [6.45, 7) is 0.158. The largest absolute Gasteiger partial charge is 0.394 e. The molecule has 0 aliphatic heterocycles. The summed E-state index contributed by atoms with van der Waals surface area (Å²) in [6, 6.07) is 1.78. The first-order valence-electron chi connectivity index (χ1n) is 4.51. The number of rotatable bonds is 3. The Morgan fingerprint density at radius 2 is 2.08 bits per heavy atom. The Bertz CT molecular complexity index is 266. The summed E-state index contributed by atoms with van der Waals surface area (Å²) in [5, 5.41) is 12.3. The molecule has 1 aromatic heterocycles. The molecule has 0 spiro atoms. The van der Waals surface area contributed by atoms with Crippen LogP contribution in [0.5, 0.6) is 0 Å². The molecular weight excluding hydrogens is 166 g/mol. The van der Waals surface area contributed by atoms with Crippen molar-refractivity contribution < 1.29 is 5.11 Å². The average molecular weight is 179 g/mol. The fourth-order valence-electron chi connectivity index (χ4n) is 1.53. The van der Waals surface area contributed by atoms with Crippen molar-refractivity contribution in [1.82, 2.24) is 9.97 Å². The van der Waals surface area contributed by atoms with E-state index in [2.05, 4.69) is 15.3 Å².